The molecule has 0 aliphatic carbocycles. The molecule has 0 amide bonds. The number of carboxylic acids is 1. The summed E-state index contributed by atoms with van der Waals surface area (Å²) >= 11 is 0. The summed E-state index contributed by atoms with van der Waals surface area (Å²) in [6, 6.07) is 0. The molecule has 17 heavy (non-hydrogen) atoms. The highest BCUT2D eigenvalue weighted by Gasteiger charge is 2.33. The molecule has 0 spiro atoms. The van der Waals surface area contributed by atoms with Crippen molar-refractivity contribution in [2.45, 2.75) is 46.1 Å². The summed E-state index contributed by atoms with van der Waals surface area (Å²) in [7, 11) is 0. The summed E-state index contributed by atoms with van der Waals surface area (Å²) in [5.41, 5.74) is 0. The number of hydrogen-bond acceptors (Lipinski definition) is 4. The maximum atomic E-state index is 11.4. The van der Waals surface area contributed by atoms with Gasteiger partial charge in [-0.3, -0.25) is 4.79 Å². The van der Waals surface area contributed by atoms with Crippen LogP contribution in [0.3, 0.4) is 0 Å². The number of carboxylic acid groups (broad SMARTS) is 1. The first-order valence-electron chi connectivity index (χ1n) is 5.97. The fourth-order valence-corrected chi connectivity index (χ4v) is 1.44. The van der Waals surface area contributed by atoms with Gasteiger partial charge in [0.25, 0.3) is 0 Å². The maximum absolute atomic E-state index is 11.4. The minimum Gasteiger partial charge on any atom is -0.481 e. The quantitative estimate of drug-likeness (QED) is 0.500. The zero-order valence-electron chi connectivity index (χ0n) is 10.7. The van der Waals surface area contributed by atoms with Crippen LogP contribution in [-0.2, 0) is 14.3 Å². The Labute approximate surface area is 102 Å². The van der Waals surface area contributed by atoms with Crippen LogP contribution in [0.5, 0.6) is 0 Å². The van der Waals surface area contributed by atoms with E-state index in [2.05, 4.69) is 0 Å². The molecule has 0 rings (SSSR count). The topological polar surface area (TPSA) is 83.8 Å². The molecule has 5 nitrogen and oxygen atoms in total. The molecule has 100 valence electrons. The minimum atomic E-state index is -1.58. The average Bonchev–Trinajstić information content (AvgIpc) is 2.24. The predicted molar refractivity (Wildman–Crippen MR) is 62.5 cm³/mol. The molecule has 0 aliphatic rings. The summed E-state index contributed by atoms with van der Waals surface area (Å²) < 4.78 is 4.80. The van der Waals surface area contributed by atoms with E-state index in [1.165, 1.54) is 0 Å². The monoisotopic (exact) mass is 246 g/mol. The van der Waals surface area contributed by atoms with Crippen LogP contribution in [0.25, 0.3) is 0 Å². The van der Waals surface area contributed by atoms with Gasteiger partial charge in [-0.1, -0.05) is 27.2 Å². The van der Waals surface area contributed by atoms with E-state index in [1.807, 2.05) is 20.8 Å². The molecule has 0 aliphatic heterocycles. The van der Waals surface area contributed by atoms with Crippen molar-refractivity contribution in [2.24, 2.45) is 11.8 Å². The third-order valence-electron chi connectivity index (χ3n) is 2.41. The predicted octanol–water partition coefficient (Wildman–Crippen LogP) is 1.44. The first-order chi connectivity index (χ1) is 7.90. The van der Waals surface area contributed by atoms with Crippen molar-refractivity contribution in [3.05, 3.63) is 0 Å². The third-order valence-corrected chi connectivity index (χ3v) is 2.41. The van der Waals surface area contributed by atoms with Gasteiger partial charge in [0.1, 0.15) is 0 Å². The van der Waals surface area contributed by atoms with Gasteiger partial charge in [0, 0.05) is 0 Å². The lowest BCUT2D eigenvalue weighted by atomic mass is 9.92. The number of rotatable bonds is 8. The molecule has 2 unspecified atom stereocenters. The molecule has 0 saturated carbocycles. The smallest absolute Gasteiger partial charge is 0.335 e. The van der Waals surface area contributed by atoms with Crippen LogP contribution >= 0.6 is 0 Å². The second kappa shape index (κ2) is 8.06. The zero-order valence-corrected chi connectivity index (χ0v) is 10.7. The van der Waals surface area contributed by atoms with Crippen molar-refractivity contribution in [3.8, 4) is 0 Å². The van der Waals surface area contributed by atoms with Crippen molar-refractivity contribution < 1.29 is 24.5 Å². The van der Waals surface area contributed by atoms with Gasteiger partial charge in [-0.25, -0.2) is 4.79 Å². The molecular weight excluding hydrogens is 224 g/mol. The first kappa shape index (κ1) is 15.9. The Balaban J connectivity index is 4.34. The highest BCUT2D eigenvalue weighted by molar-refractivity contribution is 5.82. The van der Waals surface area contributed by atoms with Crippen LogP contribution in [0.4, 0.5) is 0 Å². The van der Waals surface area contributed by atoms with Crippen molar-refractivity contribution in [1.82, 2.24) is 0 Å². The molecule has 0 radical (unpaired) electrons. The largest absolute Gasteiger partial charge is 0.481 e. The Morgan fingerprint density at radius 2 is 1.88 bits per heavy atom. The molecule has 0 saturated heterocycles. The van der Waals surface area contributed by atoms with Crippen LogP contribution in [0, 0.1) is 11.8 Å². The van der Waals surface area contributed by atoms with Crippen molar-refractivity contribution in [3.63, 3.8) is 0 Å². The Bertz CT molecular complexity index is 249. The van der Waals surface area contributed by atoms with Crippen molar-refractivity contribution >= 4 is 11.9 Å². The first-order valence-corrected chi connectivity index (χ1v) is 5.97. The Morgan fingerprint density at radius 3 is 2.29 bits per heavy atom. The number of carbonyl (C=O) groups excluding carboxylic acids is 1. The van der Waals surface area contributed by atoms with E-state index in [0.29, 0.717) is 6.42 Å². The lowest BCUT2D eigenvalue weighted by molar-refractivity contribution is -0.164. The summed E-state index contributed by atoms with van der Waals surface area (Å²) in [5, 5.41) is 18.6. The van der Waals surface area contributed by atoms with Crippen LogP contribution in [0.15, 0.2) is 0 Å². The van der Waals surface area contributed by atoms with Crippen LogP contribution in [0.2, 0.25) is 0 Å². The van der Waals surface area contributed by atoms with Gasteiger partial charge in [-0.2, -0.15) is 0 Å². The minimum absolute atomic E-state index is 0.0918. The summed E-state index contributed by atoms with van der Waals surface area (Å²) in [4.78, 5) is 22.4. The Kier molecular flexibility index (Phi) is 7.54. The van der Waals surface area contributed by atoms with E-state index in [9.17, 15) is 14.7 Å². The average molecular weight is 246 g/mol. The lowest BCUT2D eigenvalue weighted by Crippen LogP contribution is -2.37. The second-order valence-electron chi connectivity index (χ2n) is 4.54. The Morgan fingerprint density at radius 1 is 1.29 bits per heavy atom. The van der Waals surface area contributed by atoms with Crippen LogP contribution < -0.4 is 0 Å². The molecule has 0 aromatic rings. The molecule has 5 heteroatoms. The van der Waals surface area contributed by atoms with Gasteiger partial charge < -0.3 is 14.9 Å². The second-order valence-corrected chi connectivity index (χ2v) is 4.54. The van der Waals surface area contributed by atoms with Crippen LogP contribution in [-0.4, -0.2) is 34.9 Å². The summed E-state index contributed by atoms with van der Waals surface area (Å²) in [6.45, 7) is 5.85. The van der Waals surface area contributed by atoms with Crippen molar-refractivity contribution in [1.29, 1.82) is 0 Å². The number of carbonyl (C=O) groups is 2. The number of aliphatic hydroxyl groups excluding tert-OH is 1. The highest BCUT2D eigenvalue weighted by atomic mass is 16.5. The molecule has 0 heterocycles. The van der Waals surface area contributed by atoms with Gasteiger partial charge in [-0.15, -0.1) is 0 Å². The summed E-state index contributed by atoms with van der Waals surface area (Å²) in [5.74, 6) is -3.01. The molecule has 2 atom stereocenters. The molecule has 0 aromatic heterocycles. The van der Waals surface area contributed by atoms with E-state index < -0.39 is 24.0 Å². The fourth-order valence-electron chi connectivity index (χ4n) is 1.44. The Hall–Kier alpha value is -1.10. The van der Waals surface area contributed by atoms with Crippen molar-refractivity contribution in [2.75, 3.05) is 6.61 Å². The van der Waals surface area contributed by atoms with Gasteiger partial charge >= 0.3 is 11.9 Å². The number of ether oxygens (including phenoxy) is 1. The normalized spacial score (nSPS) is 14.4. The molecule has 0 bridgehead atoms. The SMILES string of the molecule is CCCCOC(=O)C(O)C(CC(C)C)C(=O)O. The highest BCUT2D eigenvalue weighted by Crippen LogP contribution is 2.17. The van der Waals surface area contributed by atoms with E-state index in [1.54, 1.807) is 0 Å². The zero-order chi connectivity index (χ0) is 13.4. The molecule has 2 N–H and O–H groups in total. The molecule has 0 aromatic carbocycles. The molecular formula is C12H22O5. The van der Waals surface area contributed by atoms with Gasteiger partial charge in [0.15, 0.2) is 6.10 Å². The van der Waals surface area contributed by atoms with E-state index in [-0.39, 0.29) is 18.9 Å². The van der Waals surface area contributed by atoms with Gasteiger partial charge in [0.2, 0.25) is 0 Å². The van der Waals surface area contributed by atoms with Gasteiger partial charge in [0.05, 0.1) is 12.5 Å². The number of aliphatic hydroxyl groups is 1. The fraction of sp³-hybridized carbons (Fsp3) is 0.833. The number of hydrogen-bond donors (Lipinski definition) is 2. The lowest BCUT2D eigenvalue weighted by Gasteiger charge is -2.19. The van der Waals surface area contributed by atoms with E-state index >= 15 is 0 Å². The van der Waals surface area contributed by atoms with Gasteiger partial charge in [-0.05, 0) is 18.8 Å². The summed E-state index contributed by atoms with van der Waals surface area (Å²) in [6.07, 6.45) is 0.254. The molecule has 0 fully saturated rings. The van der Waals surface area contributed by atoms with Crippen LogP contribution in [0.1, 0.15) is 40.0 Å². The number of aliphatic carboxylic acids is 1. The van der Waals surface area contributed by atoms with E-state index in [0.717, 1.165) is 6.42 Å². The maximum Gasteiger partial charge on any atom is 0.335 e. The third kappa shape index (κ3) is 6.26. The number of esters is 1. The van der Waals surface area contributed by atoms with E-state index in [4.69, 9.17) is 9.84 Å². The number of unbranched alkanes of at least 4 members (excludes halogenated alkanes) is 1. The standard InChI is InChI=1S/C12H22O5/c1-4-5-6-17-12(16)10(13)9(11(14)15)7-8(2)3/h8-10,13H,4-7H2,1-3H3,(H,14,15).